The number of hydrogen-bond acceptors (Lipinski definition) is 4. The van der Waals surface area contributed by atoms with E-state index in [-0.39, 0.29) is 17.9 Å². The van der Waals surface area contributed by atoms with Gasteiger partial charge < -0.3 is 18.6 Å². The van der Waals surface area contributed by atoms with Crippen molar-refractivity contribution in [3.63, 3.8) is 0 Å². The highest BCUT2D eigenvalue weighted by Crippen LogP contribution is 2.37. The van der Waals surface area contributed by atoms with Crippen molar-refractivity contribution < 1.29 is 14.3 Å². The molecule has 2 fully saturated rings. The number of nitrogens with zero attached hydrogens (tertiary/aromatic N) is 2. The number of aromatic nitrogens is 2. The Morgan fingerprint density at radius 3 is 2.66 bits per heavy atom. The quantitative estimate of drug-likeness (QED) is 0.565. The minimum absolute atomic E-state index is 0.0264. The van der Waals surface area contributed by atoms with Crippen LogP contribution in [0.25, 0.3) is 11.0 Å². The van der Waals surface area contributed by atoms with Crippen molar-refractivity contribution in [3.05, 3.63) is 62.9 Å². The lowest BCUT2D eigenvalue weighted by Crippen LogP contribution is -2.37. The van der Waals surface area contributed by atoms with Gasteiger partial charge in [-0.25, -0.2) is 0 Å². The molecule has 2 aromatic carbocycles. The molecule has 0 radical (unpaired) electrons. The molecular formula is C22H21ClN2O3S. The number of aryl methyl sites for hydroxylation is 2. The standard InChI is InChI=1S/C22H21ClN2O3S/c1-12-7-16-17(8-13(12)2)25(18-9-19(26)21-27-11-20(18)28-21)22(29)24(16)10-14-5-3-4-6-15(14)23/h3-8,18,20-21H,9-11H2,1-2H3/t18-,20+,21-/m0/s1. The first-order valence-corrected chi connectivity index (χ1v) is 10.5. The zero-order valence-electron chi connectivity index (χ0n) is 16.2. The summed E-state index contributed by atoms with van der Waals surface area (Å²) in [5.41, 5.74) is 5.42. The largest absolute Gasteiger partial charge is 0.343 e. The third-order valence-electron chi connectivity index (χ3n) is 6.01. The number of benzene rings is 2. The maximum atomic E-state index is 12.4. The molecule has 0 aliphatic carbocycles. The summed E-state index contributed by atoms with van der Waals surface area (Å²) in [5, 5.41) is 0.711. The van der Waals surface area contributed by atoms with E-state index in [0.29, 0.717) is 29.4 Å². The first kappa shape index (κ1) is 19.0. The van der Waals surface area contributed by atoms with E-state index in [2.05, 4.69) is 35.1 Å². The van der Waals surface area contributed by atoms with Gasteiger partial charge in [0.1, 0.15) is 6.10 Å². The Morgan fingerprint density at radius 1 is 1.17 bits per heavy atom. The predicted molar refractivity (Wildman–Crippen MR) is 114 cm³/mol. The van der Waals surface area contributed by atoms with Crippen LogP contribution in [0.2, 0.25) is 5.02 Å². The Morgan fingerprint density at radius 2 is 1.90 bits per heavy atom. The van der Waals surface area contributed by atoms with Gasteiger partial charge >= 0.3 is 0 Å². The van der Waals surface area contributed by atoms with Gasteiger partial charge in [0.05, 0.1) is 30.2 Å². The zero-order valence-corrected chi connectivity index (χ0v) is 17.8. The molecule has 0 N–H and O–H groups in total. The molecule has 2 bridgehead atoms. The summed E-state index contributed by atoms with van der Waals surface area (Å²) >= 11 is 12.4. The van der Waals surface area contributed by atoms with Crippen LogP contribution >= 0.6 is 23.8 Å². The smallest absolute Gasteiger partial charge is 0.218 e. The molecule has 0 amide bonds. The third kappa shape index (κ3) is 3.06. The topological polar surface area (TPSA) is 45.4 Å². The Balaban J connectivity index is 1.71. The summed E-state index contributed by atoms with van der Waals surface area (Å²) in [5.74, 6) is -0.0264. The fourth-order valence-corrected chi connectivity index (χ4v) is 4.87. The van der Waals surface area contributed by atoms with Crippen molar-refractivity contribution in [3.8, 4) is 0 Å². The van der Waals surface area contributed by atoms with Crippen molar-refractivity contribution >= 4 is 40.6 Å². The molecule has 1 aromatic heterocycles. The Hall–Kier alpha value is -1.99. The molecule has 2 aliphatic heterocycles. The fraction of sp³-hybridized carbons (Fsp3) is 0.364. The van der Waals surface area contributed by atoms with E-state index in [1.807, 2.05) is 24.3 Å². The first-order chi connectivity index (χ1) is 13.9. The molecule has 3 heterocycles. The molecule has 7 heteroatoms. The van der Waals surface area contributed by atoms with Crippen LogP contribution in [0, 0.1) is 18.6 Å². The number of fused-ring (bicyclic) bond motifs is 3. The van der Waals surface area contributed by atoms with Crippen LogP contribution < -0.4 is 0 Å². The van der Waals surface area contributed by atoms with Crippen molar-refractivity contribution in [2.75, 3.05) is 6.61 Å². The second-order valence-electron chi connectivity index (χ2n) is 7.83. The van der Waals surface area contributed by atoms with E-state index >= 15 is 0 Å². The number of carbonyl (C=O) groups is 1. The highest BCUT2D eigenvalue weighted by Gasteiger charge is 2.44. The van der Waals surface area contributed by atoms with Crippen molar-refractivity contribution in [1.82, 2.24) is 9.13 Å². The highest BCUT2D eigenvalue weighted by atomic mass is 35.5. The van der Waals surface area contributed by atoms with Crippen molar-refractivity contribution in [2.45, 2.75) is 45.2 Å². The lowest BCUT2D eigenvalue weighted by Gasteiger charge is -2.28. The molecule has 0 unspecified atom stereocenters. The van der Waals surface area contributed by atoms with E-state index in [1.54, 1.807) is 0 Å². The summed E-state index contributed by atoms with van der Waals surface area (Å²) in [7, 11) is 0. The minimum Gasteiger partial charge on any atom is -0.343 e. The Labute approximate surface area is 178 Å². The number of halogens is 1. The maximum absolute atomic E-state index is 12.4. The minimum atomic E-state index is -0.717. The van der Waals surface area contributed by atoms with Gasteiger partial charge in [-0.05, 0) is 61.0 Å². The van der Waals surface area contributed by atoms with Crippen LogP contribution in [0.15, 0.2) is 36.4 Å². The van der Waals surface area contributed by atoms with Gasteiger partial charge in [0.15, 0.2) is 10.6 Å². The van der Waals surface area contributed by atoms with Crippen LogP contribution in [-0.2, 0) is 20.8 Å². The molecule has 3 aromatic rings. The molecule has 0 spiro atoms. The van der Waals surface area contributed by atoms with Gasteiger partial charge in [0, 0.05) is 11.4 Å². The van der Waals surface area contributed by atoms with Gasteiger partial charge in [-0.1, -0.05) is 29.8 Å². The SMILES string of the molecule is Cc1cc2c(cc1C)n([C@H]1CC(=O)[C@H]3OC[C@H]1O3)c(=S)n2Cc1ccccc1Cl. The molecule has 0 saturated carbocycles. The lowest BCUT2D eigenvalue weighted by molar-refractivity contribution is -0.156. The molecular weight excluding hydrogens is 408 g/mol. The number of imidazole rings is 1. The number of ether oxygens (including phenoxy) is 2. The van der Waals surface area contributed by atoms with E-state index in [4.69, 9.17) is 33.3 Å². The van der Waals surface area contributed by atoms with Gasteiger partial charge in [-0.15, -0.1) is 0 Å². The van der Waals surface area contributed by atoms with Gasteiger partial charge in [-0.3, -0.25) is 4.79 Å². The summed E-state index contributed by atoms with van der Waals surface area (Å²) in [4.78, 5) is 12.4. The predicted octanol–water partition coefficient (Wildman–Crippen LogP) is 4.75. The highest BCUT2D eigenvalue weighted by molar-refractivity contribution is 7.71. The molecule has 150 valence electrons. The third-order valence-corrected chi connectivity index (χ3v) is 6.79. The molecule has 5 nitrogen and oxygen atoms in total. The monoisotopic (exact) mass is 428 g/mol. The second-order valence-corrected chi connectivity index (χ2v) is 8.61. The number of rotatable bonds is 3. The average molecular weight is 429 g/mol. The van der Waals surface area contributed by atoms with Crippen LogP contribution in [0.3, 0.4) is 0 Å². The Kier molecular flexibility index (Phi) is 4.62. The van der Waals surface area contributed by atoms with Crippen LogP contribution in [0.1, 0.15) is 29.2 Å². The molecule has 5 rings (SSSR count). The fourth-order valence-electron chi connectivity index (χ4n) is 4.28. The number of hydrogen-bond donors (Lipinski definition) is 0. The lowest BCUT2D eigenvalue weighted by atomic mass is 10.0. The molecule has 3 atom stereocenters. The summed E-state index contributed by atoms with van der Waals surface area (Å²) < 4.78 is 16.2. The number of Topliss-reactive ketones (excluding diaryl/α,β-unsaturated/α-hetero) is 1. The number of ketones is 1. The van der Waals surface area contributed by atoms with Crippen LogP contribution in [0.5, 0.6) is 0 Å². The normalized spacial score (nSPS) is 23.8. The van der Waals surface area contributed by atoms with E-state index in [9.17, 15) is 4.79 Å². The summed E-state index contributed by atoms with van der Waals surface area (Å²) in [6.45, 7) is 5.16. The first-order valence-electron chi connectivity index (χ1n) is 9.69. The van der Waals surface area contributed by atoms with Crippen molar-refractivity contribution in [1.29, 1.82) is 0 Å². The van der Waals surface area contributed by atoms with Crippen LogP contribution in [-0.4, -0.2) is 33.9 Å². The summed E-state index contributed by atoms with van der Waals surface area (Å²) in [6, 6.07) is 11.9. The summed E-state index contributed by atoms with van der Waals surface area (Å²) in [6.07, 6.45) is -0.529. The second kappa shape index (κ2) is 7.06. The Bertz CT molecular complexity index is 1200. The average Bonchev–Trinajstić information content (AvgIpc) is 3.23. The maximum Gasteiger partial charge on any atom is 0.218 e. The van der Waals surface area contributed by atoms with E-state index in [1.165, 1.54) is 11.1 Å². The number of carbonyl (C=O) groups excluding carboxylic acids is 1. The van der Waals surface area contributed by atoms with Crippen molar-refractivity contribution in [2.24, 2.45) is 0 Å². The van der Waals surface area contributed by atoms with E-state index < -0.39 is 6.29 Å². The van der Waals surface area contributed by atoms with Gasteiger partial charge in [-0.2, -0.15) is 0 Å². The van der Waals surface area contributed by atoms with Crippen LogP contribution in [0.4, 0.5) is 0 Å². The zero-order chi connectivity index (χ0) is 20.3. The van der Waals surface area contributed by atoms with Gasteiger partial charge in [0.2, 0.25) is 6.29 Å². The van der Waals surface area contributed by atoms with Gasteiger partial charge in [0.25, 0.3) is 0 Å². The molecule has 2 saturated heterocycles. The van der Waals surface area contributed by atoms with E-state index in [0.717, 1.165) is 16.6 Å². The molecule has 29 heavy (non-hydrogen) atoms. The molecule has 2 aliphatic rings.